The summed E-state index contributed by atoms with van der Waals surface area (Å²) in [7, 11) is 1.62. The Labute approximate surface area is 200 Å². The second-order valence-electron chi connectivity index (χ2n) is 9.02. The van der Waals surface area contributed by atoms with E-state index in [2.05, 4.69) is 5.32 Å². The van der Waals surface area contributed by atoms with Crippen molar-refractivity contribution in [3.8, 4) is 22.6 Å². The molecule has 0 aliphatic heterocycles. The highest BCUT2D eigenvalue weighted by Crippen LogP contribution is 2.34. The molecule has 3 aromatic rings. The third-order valence-corrected chi connectivity index (χ3v) is 6.37. The van der Waals surface area contributed by atoms with Crippen molar-refractivity contribution in [1.82, 2.24) is 14.7 Å². The fourth-order valence-electron chi connectivity index (χ4n) is 4.23. The zero-order chi connectivity index (χ0) is 24.2. The van der Waals surface area contributed by atoms with Gasteiger partial charge >= 0.3 is 0 Å². The van der Waals surface area contributed by atoms with Crippen molar-refractivity contribution in [2.24, 2.45) is 5.92 Å². The Morgan fingerprint density at radius 3 is 2.35 bits per heavy atom. The van der Waals surface area contributed by atoms with E-state index in [0.717, 1.165) is 47.5 Å². The van der Waals surface area contributed by atoms with Gasteiger partial charge < -0.3 is 15.0 Å². The number of hydrogen-bond acceptors (Lipinski definition) is 4. The minimum absolute atomic E-state index is 0.00801. The van der Waals surface area contributed by atoms with Gasteiger partial charge in [-0.25, -0.2) is 4.68 Å². The summed E-state index contributed by atoms with van der Waals surface area (Å²) in [6, 6.07) is 17.3. The first-order valence-corrected chi connectivity index (χ1v) is 11.8. The van der Waals surface area contributed by atoms with Crippen molar-refractivity contribution in [1.29, 1.82) is 0 Å². The summed E-state index contributed by atoms with van der Waals surface area (Å²) < 4.78 is 7.02. The topological polar surface area (TPSA) is 76.5 Å². The molecule has 2 amide bonds. The molecular formula is C27H32N4O3. The van der Waals surface area contributed by atoms with Crippen LogP contribution in [0.2, 0.25) is 0 Å². The molecule has 1 aliphatic carbocycles. The summed E-state index contributed by atoms with van der Waals surface area (Å²) in [5, 5.41) is 7.82. The van der Waals surface area contributed by atoms with Crippen LogP contribution in [0.25, 0.3) is 16.8 Å². The van der Waals surface area contributed by atoms with Gasteiger partial charge in [-0.2, -0.15) is 5.10 Å². The van der Waals surface area contributed by atoms with Crippen molar-refractivity contribution in [3.63, 3.8) is 0 Å². The van der Waals surface area contributed by atoms with E-state index in [9.17, 15) is 9.59 Å². The van der Waals surface area contributed by atoms with Gasteiger partial charge in [0.15, 0.2) is 0 Å². The lowest BCUT2D eigenvalue weighted by molar-refractivity contribution is -0.142. The third-order valence-electron chi connectivity index (χ3n) is 6.37. The zero-order valence-corrected chi connectivity index (χ0v) is 20.2. The molecule has 178 valence electrons. The lowest BCUT2D eigenvalue weighted by atomic mass is 9.84. The molecule has 0 atom stereocenters. The molecule has 1 heterocycles. The van der Waals surface area contributed by atoms with E-state index in [0.29, 0.717) is 5.82 Å². The van der Waals surface area contributed by atoms with Crippen molar-refractivity contribution in [3.05, 3.63) is 60.3 Å². The van der Waals surface area contributed by atoms with Crippen molar-refractivity contribution >= 4 is 17.6 Å². The van der Waals surface area contributed by atoms with E-state index < -0.39 is 0 Å². The minimum atomic E-state index is -0.242. The standard InChI is InChI=1S/C27H32N4O3/c1-18(2)30(27(33)21-11-8-12-21)17-24(32)28-26-25(20-9-6-5-7-10-20)19(3)29-31(26)22-13-15-23(34-4)16-14-22/h5-7,9-10,13-16,18,21H,8,11-12,17H2,1-4H3,(H,28,32). The Kier molecular flexibility index (Phi) is 7.01. The average molecular weight is 461 g/mol. The number of anilines is 1. The number of carbonyl (C=O) groups excluding carboxylic acids is 2. The lowest BCUT2D eigenvalue weighted by Gasteiger charge is -2.33. The number of ether oxygens (including phenoxy) is 1. The minimum Gasteiger partial charge on any atom is -0.497 e. The molecular weight excluding hydrogens is 428 g/mol. The number of rotatable bonds is 8. The van der Waals surface area contributed by atoms with Crippen LogP contribution < -0.4 is 10.1 Å². The van der Waals surface area contributed by atoms with Gasteiger partial charge in [0.1, 0.15) is 18.1 Å². The summed E-state index contributed by atoms with van der Waals surface area (Å²) in [6.07, 6.45) is 2.89. The number of hydrogen-bond donors (Lipinski definition) is 1. The molecule has 0 unspecified atom stereocenters. The number of benzene rings is 2. The number of nitrogens with one attached hydrogen (secondary N) is 1. The lowest BCUT2D eigenvalue weighted by Crippen LogP contribution is -2.46. The quantitative estimate of drug-likeness (QED) is 0.522. The molecule has 1 aromatic heterocycles. The highest BCUT2D eigenvalue weighted by Gasteiger charge is 2.32. The van der Waals surface area contributed by atoms with Gasteiger partial charge in [-0.05, 0) is 63.4 Å². The molecule has 1 fully saturated rings. The number of carbonyl (C=O) groups is 2. The Balaban J connectivity index is 1.68. The molecule has 2 aromatic carbocycles. The first-order valence-electron chi connectivity index (χ1n) is 11.8. The first-order chi connectivity index (χ1) is 16.4. The van der Waals surface area contributed by atoms with Crippen LogP contribution in [0.3, 0.4) is 0 Å². The van der Waals surface area contributed by atoms with Crippen LogP contribution in [-0.2, 0) is 9.59 Å². The number of amides is 2. The van der Waals surface area contributed by atoms with Crippen LogP contribution in [0.1, 0.15) is 38.8 Å². The van der Waals surface area contributed by atoms with E-state index in [4.69, 9.17) is 9.84 Å². The number of nitrogens with zero attached hydrogens (tertiary/aromatic N) is 3. The highest BCUT2D eigenvalue weighted by molar-refractivity contribution is 5.98. The Morgan fingerprint density at radius 2 is 1.79 bits per heavy atom. The second-order valence-corrected chi connectivity index (χ2v) is 9.02. The SMILES string of the molecule is COc1ccc(-n2nc(C)c(-c3ccccc3)c2NC(=O)CN(C(=O)C2CCC2)C(C)C)cc1. The predicted molar refractivity (Wildman–Crippen MR) is 133 cm³/mol. The molecule has 0 bridgehead atoms. The van der Waals surface area contributed by atoms with Gasteiger partial charge in [0.05, 0.1) is 18.5 Å². The van der Waals surface area contributed by atoms with Gasteiger partial charge in [-0.15, -0.1) is 0 Å². The van der Waals surface area contributed by atoms with Crippen molar-refractivity contribution < 1.29 is 14.3 Å². The molecule has 34 heavy (non-hydrogen) atoms. The smallest absolute Gasteiger partial charge is 0.245 e. The maximum atomic E-state index is 13.3. The van der Waals surface area contributed by atoms with Crippen LogP contribution in [0.4, 0.5) is 5.82 Å². The van der Waals surface area contributed by atoms with Crippen molar-refractivity contribution in [2.45, 2.75) is 46.1 Å². The molecule has 1 saturated carbocycles. The number of aromatic nitrogens is 2. The fraction of sp³-hybridized carbons (Fsp3) is 0.370. The van der Waals surface area contributed by atoms with Crippen LogP contribution in [0.5, 0.6) is 5.75 Å². The van der Waals surface area contributed by atoms with Gasteiger partial charge in [-0.1, -0.05) is 36.8 Å². The van der Waals surface area contributed by atoms with Gasteiger partial charge in [0.25, 0.3) is 0 Å². The molecule has 0 spiro atoms. The Morgan fingerprint density at radius 1 is 1.12 bits per heavy atom. The van der Waals surface area contributed by atoms with E-state index in [1.165, 1.54) is 0 Å². The average Bonchev–Trinajstić information content (AvgIpc) is 3.12. The summed E-state index contributed by atoms with van der Waals surface area (Å²) >= 11 is 0. The maximum Gasteiger partial charge on any atom is 0.245 e. The van der Waals surface area contributed by atoms with E-state index in [1.807, 2.05) is 75.4 Å². The fourth-order valence-corrected chi connectivity index (χ4v) is 4.23. The summed E-state index contributed by atoms with van der Waals surface area (Å²) in [4.78, 5) is 27.9. The third kappa shape index (κ3) is 4.83. The van der Waals surface area contributed by atoms with E-state index >= 15 is 0 Å². The Bertz CT molecular complexity index is 1150. The molecule has 1 N–H and O–H groups in total. The van der Waals surface area contributed by atoms with E-state index in [-0.39, 0.29) is 30.3 Å². The van der Waals surface area contributed by atoms with E-state index in [1.54, 1.807) is 16.7 Å². The molecule has 0 saturated heterocycles. The monoisotopic (exact) mass is 460 g/mol. The summed E-state index contributed by atoms with van der Waals surface area (Å²) in [6.45, 7) is 5.84. The normalized spacial score (nSPS) is 13.4. The number of aryl methyl sites for hydroxylation is 1. The highest BCUT2D eigenvalue weighted by atomic mass is 16.5. The second kappa shape index (κ2) is 10.1. The zero-order valence-electron chi connectivity index (χ0n) is 20.2. The summed E-state index contributed by atoms with van der Waals surface area (Å²) in [5.41, 5.74) is 3.41. The van der Waals surface area contributed by atoms with Gasteiger partial charge in [0, 0.05) is 17.5 Å². The number of methoxy groups -OCH3 is 1. The molecule has 0 radical (unpaired) electrons. The Hall–Kier alpha value is -3.61. The van der Waals surface area contributed by atoms with Crippen LogP contribution in [-0.4, -0.2) is 46.2 Å². The largest absolute Gasteiger partial charge is 0.497 e. The first kappa shape index (κ1) is 23.5. The maximum absolute atomic E-state index is 13.3. The predicted octanol–water partition coefficient (Wildman–Crippen LogP) is 4.83. The molecule has 4 rings (SSSR count). The van der Waals surface area contributed by atoms with Crippen LogP contribution in [0, 0.1) is 12.8 Å². The van der Waals surface area contributed by atoms with Crippen LogP contribution >= 0.6 is 0 Å². The molecule has 7 nitrogen and oxygen atoms in total. The molecule has 7 heteroatoms. The van der Waals surface area contributed by atoms with Crippen molar-refractivity contribution in [2.75, 3.05) is 19.0 Å². The van der Waals surface area contributed by atoms with Crippen LogP contribution in [0.15, 0.2) is 54.6 Å². The van der Waals surface area contributed by atoms with Gasteiger partial charge in [0.2, 0.25) is 11.8 Å². The molecule has 1 aliphatic rings. The summed E-state index contributed by atoms with van der Waals surface area (Å²) in [5.74, 6) is 1.19. The van der Waals surface area contributed by atoms with Gasteiger partial charge in [-0.3, -0.25) is 9.59 Å².